The predicted octanol–water partition coefficient (Wildman–Crippen LogP) is 3.18. The second-order valence-corrected chi connectivity index (χ2v) is 7.54. The molecule has 114 valence electrons. The number of rotatable bonds is 4. The van der Waals surface area contributed by atoms with Crippen LogP contribution in [0.2, 0.25) is 0 Å². The van der Waals surface area contributed by atoms with Gasteiger partial charge in [-0.05, 0) is 31.6 Å². The topological polar surface area (TPSA) is 32.3 Å². The van der Waals surface area contributed by atoms with Crippen LogP contribution in [0.3, 0.4) is 0 Å². The van der Waals surface area contributed by atoms with E-state index >= 15 is 0 Å². The van der Waals surface area contributed by atoms with Crippen LogP contribution < -0.4 is 5.32 Å². The van der Waals surface area contributed by atoms with E-state index in [1.165, 1.54) is 31.2 Å². The highest BCUT2D eigenvalue weighted by molar-refractivity contribution is 8.00. The smallest absolute Gasteiger partial charge is 0.241 e. The third-order valence-electron chi connectivity index (χ3n) is 4.89. The number of hydrogen-bond acceptors (Lipinski definition) is 3. The van der Waals surface area contributed by atoms with E-state index in [0.29, 0.717) is 0 Å². The Morgan fingerprint density at radius 3 is 2.57 bits per heavy atom. The van der Waals surface area contributed by atoms with Crippen LogP contribution in [0.1, 0.15) is 44.3 Å². The molecule has 0 spiro atoms. The highest BCUT2D eigenvalue weighted by atomic mass is 32.2. The van der Waals surface area contributed by atoms with E-state index in [1.54, 1.807) is 0 Å². The van der Waals surface area contributed by atoms with Crippen molar-refractivity contribution in [1.82, 2.24) is 10.2 Å². The van der Waals surface area contributed by atoms with Crippen LogP contribution in [-0.4, -0.2) is 34.4 Å². The van der Waals surface area contributed by atoms with E-state index in [4.69, 9.17) is 0 Å². The van der Waals surface area contributed by atoms with E-state index in [2.05, 4.69) is 28.6 Å². The van der Waals surface area contributed by atoms with E-state index in [9.17, 15) is 4.79 Å². The Morgan fingerprint density at radius 2 is 1.95 bits per heavy atom. The van der Waals surface area contributed by atoms with Crippen molar-refractivity contribution in [3.8, 4) is 0 Å². The normalized spacial score (nSPS) is 28.3. The highest BCUT2D eigenvalue weighted by Gasteiger charge is 2.43. The fourth-order valence-electron chi connectivity index (χ4n) is 3.61. The molecule has 2 fully saturated rings. The number of nitrogens with zero attached hydrogens (tertiary/aromatic N) is 1. The van der Waals surface area contributed by atoms with Crippen molar-refractivity contribution >= 4 is 17.7 Å². The number of nitrogens with one attached hydrogen (secondary N) is 1. The van der Waals surface area contributed by atoms with Crippen LogP contribution in [-0.2, 0) is 4.79 Å². The van der Waals surface area contributed by atoms with Gasteiger partial charge >= 0.3 is 0 Å². The average molecular weight is 304 g/mol. The summed E-state index contributed by atoms with van der Waals surface area (Å²) >= 11 is 1.95. The maximum Gasteiger partial charge on any atom is 0.241 e. The number of thioether (sulfide) groups is 1. The fourth-order valence-corrected chi connectivity index (χ4v) is 4.58. The third-order valence-corrected chi connectivity index (χ3v) is 6.30. The van der Waals surface area contributed by atoms with Crippen molar-refractivity contribution in [2.45, 2.75) is 49.6 Å². The zero-order chi connectivity index (χ0) is 14.9. The van der Waals surface area contributed by atoms with E-state index in [1.807, 2.05) is 36.9 Å². The lowest BCUT2D eigenvalue weighted by Crippen LogP contribution is -2.42. The lowest BCUT2D eigenvalue weighted by molar-refractivity contribution is -0.130. The van der Waals surface area contributed by atoms with Gasteiger partial charge in [-0.25, -0.2) is 0 Å². The quantitative estimate of drug-likeness (QED) is 0.927. The molecule has 2 unspecified atom stereocenters. The summed E-state index contributed by atoms with van der Waals surface area (Å²) in [6.45, 7) is 2.84. The van der Waals surface area contributed by atoms with Crippen molar-refractivity contribution in [3.05, 3.63) is 35.9 Å². The lowest BCUT2D eigenvalue weighted by Gasteiger charge is -2.35. The number of carbonyl (C=O) groups is 1. The van der Waals surface area contributed by atoms with Gasteiger partial charge in [0.2, 0.25) is 5.91 Å². The van der Waals surface area contributed by atoms with Gasteiger partial charge in [0.25, 0.3) is 0 Å². The van der Waals surface area contributed by atoms with Crippen LogP contribution in [0.15, 0.2) is 30.3 Å². The van der Waals surface area contributed by atoms with Gasteiger partial charge < -0.3 is 4.90 Å². The summed E-state index contributed by atoms with van der Waals surface area (Å²) in [6, 6.07) is 10.2. The van der Waals surface area contributed by atoms with Crippen LogP contribution in [0.4, 0.5) is 0 Å². The Kier molecular flexibility index (Phi) is 4.27. The monoisotopic (exact) mass is 304 g/mol. The second-order valence-electron chi connectivity index (χ2n) is 6.26. The van der Waals surface area contributed by atoms with E-state index in [-0.39, 0.29) is 22.9 Å². The molecule has 1 saturated heterocycles. The Bertz CT molecular complexity index is 499. The van der Waals surface area contributed by atoms with Gasteiger partial charge in [0, 0.05) is 11.3 Å². The second kappa shape index (κ2) is 6.01. The summed E-state index contributed by atoms with van der Waals surface area (Å²) < 4.78 is 0.258. The zero-order valence-corrected chi connectivity index (χ0v) is 13.7. The van der Waals surface area contributed by atoms with E-state index in [0.717, 1.165) is 6.54 Å². The van der Waals surface area contributed by atoms with Crippen LogP contribution in [0.5, 0.6) is 0 Å². The molecule has 0 radical (unpaired) electrons. The Labute approximate surface area is 131 Å². The molecule has 4 heteroatoms. The molecule has 1 aliphatic heterocycles. The first-order valence-corrected chi connectivity index (χ1v) is 9.04. The largest absolute Gasteiger partial charge is 0.320 e. The molecule has 21 heavy (non-hydrogen) atoms. The first kappa shape index (κ1) is 14.9. The predicted molar refractivity (Wildman–Crippen MR) is 88.2 cm³/mol. The molecule has 1 aromatic rings. The average Bonchev–Trinajstić information content (AvgIpc) is 3.09. The maximum absolute atomic E-state index is 12.6. The van der Waals surface area contributed by atoms with Gasteiger partial charge in [-0.3, -0.25) is 10.1 Å². The van der Waals surface area contributed by atoms with Crippen molar-refractivity contribution in [1.29, 1.82) is 0 Å². The first-order valence-electron chi connectivity index (χ1n) is 7.82. The van der Waals surface area contributed by atoms with Gasteiger partial charge in [-0.1, -0.05) is 43.2 Å². The lowest BCUT2D eigenvalue weighted by atomic mass is 10.1. The number of hydrogen-bond donors (Lipinski definition) is 1. The van der Waals surface area contributed by atoms with Gasteiger partial charge in [-0.15, -0.1) is 0 Å². The van der Waals surface area contributed by atoms with Crippen molar-refractivity contribution in [3.63, 3.8) is 0 Å². The molecule has 3 nitrogen and oxygen atoms in total. The summed E-state index contributed by atoms with van der Waals surface area (Å²) in [4.78, 5) is 14.7. The molecule has 2 atom stereocenters. The van der Waals surface area contributed by atoms with Gasteiger partial charge in [-0.2, -0.15) is 11.8 Å². The molecule has 1 N–H and O–H groups in total. The minimum atomic E-state index is -0.0875. The zero-order valence-electron chi connectivity index (χ0n) is 12.8. The summed E-state index contributed by atoms with van der Waals surface area (Å²) in [5, 5.41) is 3.45. The van der Waals surface area contributed by atoms with Crippen molar-refractivity contribution in [2.24, 2.45) is 0 Å². The molecule has 1 heterocycles. The van der Waals surface area contributed by atoms with Gasteiger partial charge in [0.15, 0.2) is 0 Å². The summed E-state index contributed by atoms with van der Waals surface area (Å²) in [6.07, 6.45) is 7.27. The molecular formula is C17H24N2OS. The van der Waals surface area contributed by atoms with Gasteiger partial charge in [0.1, 0.15) is 6.17 Å². The number of carbonyl (C=O) groups excluding carboxylic acids is 1. The summed E-state index contributed by atoms with van der Waals surface area (Å²) in [5.41, 5.74) is 1.18. The van der Waals surface area contributed by atoms with Crippen LogP contribution in [0, 0.1) is 0 Å². The van der Waals surface area contributed by atoms with Crippen LogP contribution in [0.25, 0.3) is 0 Å². The van der Waals surface area contributed by atoms with Crippen LogP contribution >= 0.6 is 11.8 Å². The SMILES string of the molecule is CSC1(CN2C(=O)C(C)NC2c2ccccc2)CCCC1. The number of benzene rings is 1. The Hall–Kier alpha value is -1.00. The molecule has 1 aliphatic carbocycles. The van der Waals surface area contributed by atoms with Crippen molar-refractivity contribution < 1.29 is 4.79 Å². The minimum Gasteiger partial charge on any atom is -0.320 e. The summed E-state index contributed by atoms with van der Waals surface area (Å²) in [5.74, 6) is 0.240. The number of amides is 1. The molecule has 1 saturated carbocycles. The maximum atomic E-state index is 12.6. The molecule has 3 rings (SSSR count). The Morgan fingerprint density at radius 1 is 1.29 bits per heavy atom. The van der Waals surface area contributed by atoms with Gasteiger partial charge in [0.05, 0.1) is 6.04 Å². The Balaban J connectivity index is 1.85. The van der Waals surface area contributed by atoms with E-state index < -0.39 is 0 Å². The summed E-state index contributed by atoms with van der Waals surface area (Å²) in [7, 11) is 0. The molecule has 2 aliphatic rings. The standard InChI is InChI=1S/C17H24N2OS/c1-13-16(20)19(12-17(21-2)10-6-7-11-17)15(18-13)14-8-4-3-5-9-14/h3-5,8-9,13,15,18H,6-7,10-12H2,1-2H3. The fraction of sp³-hybridized carbons (Fsp3) is 0.588. The highest BCUT2D eigenvalue weighted by Crippen LogP contribution is 2.42. The molecule has 1 amide bonds. The molecular weight excluding hydrogens is 280 g/mol. The van der Waals surface area contributed by atoms with Crippen molar-refractivity contribution in [2.75, 3.05) is 12.8 Å². The molecule has 1 aromatic carbocycles. The minimum absolute atomic E-state index is 0.0262. The first-order chi connectivity index (χ1) is 10.2. The third kappa shape index (κ3) is 2.84. The molecule has 0 bridgehead atoms. The molecule has 0 aromatic heterocycles.